The lowest BCUT2D eigenvalue weighted by Gasteiger charge is -2.16. The highest BCUT2D eigenvalue weighted by Crippen LogP contribution is 2.28. The summed E-state index contributed by atoms with van der Waals surface area (Å²) in [5.74, 6) is 1.74. The first kappa shape index (κ1) is 18.7. The van der Waals surface area contributed by atoms with E-state index in [4.69, 9.17) is 4.98 Å². The van der Waals surface area contributed by atoms with Crippen LogP contribution in [0.25, 0.3) is 16.9 Å². The quantitative estimate of drug-likeness (QED) is 0.507. The highest BCUT2D eigenvalue weighted by atomic mass is 15.2. The van der Waals surface area contributed by atoms with Gasteiger partial charge in [0.1, 0.15) is 5.82 Å². The van der Waals surface area contributed by atoms with Crippen molar-refractivity contribution in [1.29, 1.82) is 5.26 Å². The van der Waals surface area contributed by atoms with Gasteiger partial charge in [-0.25, -0.2) is 4.98 Å². The predicted molar refractivity (Wildman–Crippen MR) is 116 cm³/mol. The summed E-state index contributed by atoms with van der Waals surface area (Å²) in [7, 11) is 0. The molecule has 0 fully saturated rings. The van der Waals surface area contributed by atoms with Crippen molar-refractivity contribution in [1.82, 2.24) is 14.5 Å². The van der Waals surface area contributed by atoms with E-state index >= 15 is 0 Å². The molecule has 29 heavy (non-hydrogen) atoms. The molecular formula is C24H23N5. The Balaban J connectivity index is 1.79. The third kappa shape index (κ3) is 3.57. The van der Waals surface area contributed by atoms with Gasteiger partial charge in [-0.3, -0.25) is 4.57 Å². The Hall–Kier alpha value is -3.65. The summed E-state index contributed by atoms with van der Waals surface area (Å²) < 4.78 is 2.01. The Morgan fingerprint density at radius 2 is 1.90 bits per heavy atom. The van der Waals surface area contributed by atoms with Crippen molar-refractivity contribution in [2.45, 2.75) is 33.2 Å². The molecule has 0 saturated heterocycles. The molecule has 0 atom stereocenters. The number of rotatable bonds is 5. The number of fused-ring (bicyclic) bond motifs is 1. The molecule has 5 heteroatoms. The highest BCUT2D eigenvalue weighted by molar-refractivity contribution is 5.88. The van der Waals surface area contributed by atoms with E-state index in [1.165, 1.54) is 5.56 Å². The average Bonchev–Trinajstić information content (AvgIpc) is 3.08. The van der Waals surface area contributed by atoms with Gasteiger partial charge in [0, 0.05) is 29.4 Å². The second-order valence-corrected chi connectivity index (χ2v) is 7.44. The molecule has 4 rings (SSSR count). The van der Waals surface area contributed by atoms with E-state index in [1.54, 1.807) is 0 Å². The third-order valence-electron chi connectivity index (χ3n) is 5.08. The zero-order chi connectivity index (χ0) is 20.4. The fourth-order valence-corrected chi connectivity index (χ4v) is 3.56. The van der Waals surface area contributed by atoms with Gasteiger partial charge in [0.2, 0.25) is 5.95 Å². The fourth-order valence-electron chi connectivity index (χ4n) is 3.56. The van der Waals surface area contributed by atoms with E-state index in [9.17, 15) is 5.26 Å². The van der Waals surface area contributed by atoms with Crippen molar-refractivity contribution in [2.24, 2.45) is 0 Å². The van der Waals surface area contributed by atoms with Gasteiger partial charge < -0.3 is 5.32 Å². The summed E-state index contributed by atoms with van der Waals surface area (Å²) in [5.41, 5.74) is 4.87. The van der Waals surface area contributed by atoms with Crippen LogP contribution < -0.4 is 5.32 Å². The normalized spacial score (nSPS) is 11.0. The first-order valence-electron chi connectivity index (χ1n) is 9.74. The van der Waals surface area contributed by atoms with Gasteiger partial charge in [0.25, 0.3) is 0 Å². The minimum absolute atomic E-state index is 0.301. The predicted octanol–water partition coefficient (Wildman–Crippen LogP) is 5.34. The number of hydrogen-bond acceptors (Lipinski definition) is 4. The van der Waals surface area contributed by atoms with Crippen LogP contribution in [0.15, 0.2) is 60.8 Å². The van der Waals surface area contributed by atoms with Gasteiger partial charge in [-0.1, -0.05) is 50.2 Å². The molecule has 5 nitrogen and oxygen atoms in total. The molecular weight excluding hydrogens is 358 g/mol. The Morgan fingerprint density at radius 3 is 2.62 bits per heavy atom. The summed E-state index contributed by atoms with van der Waals surface area (Å²) >= 11 is 0. The second-order valence-electron chi connectivity index (χ2n) is 7.44. The van der Waals surface area contributed by atoms with Gasteiger partial charge >= 0.3 is 0 Å². The number of nitriles is 1. The van der Waals surface area contributed by atoms with Crippen LogP contribution in [-0.2, 0) is 6.54 Å². The maximum atomic E-state index is 9.43. The van der Waals surface area contributed by atoms with Crippen LogP contribution >= 0.6 is 0 Å². The summed E-state index contributed by atoms with van der Waals surface area (Å²) in [4.78, 5) is 9.53. The molecule has 0 saturated carbocycles. The van der Waals surface area contributed by atoms with Crippen molar-refractivity contribution >= 4 is 16.7 Å². The summed E-state index contributed by atoms with van der Waals surface area (Å²) in [6.07, 6.45) is 1.90. The van der Waals surface area contributed by atoms with Gasteiger partial charge in [0.05, 0.1) is 17.1 Å². The summed E-state index contributed by atoms with van der Waals surface area (Å²) in [6.45, 7) is 6.99. The van der Waals surface area contributed by atoms with Crippen LogP contribution in [0.5, 0.6) is 0 Å². The van der Waals surface area contributed by atoms with E-state index in [0.717, 1.165) is 28.0 Å². The molecule has 144 valence electrons. The van der Waals surface area contributed by atoms with Crippen LogP contribution in [0.1, 0.15) is 42.1 Å². The van der Waals surface area contributed by atoms with E-state index < -0.39 is 0 Å². The van der Waals surface area contributed by atoms with Gasteiger partial charge in [0.15, 0.2) is 0 Å². The molecule has 2 heterocycles. The van der Waals surface area contributed by atoms with E-state index in [2.05, 4.69) is 42.4 Å². The molecule has 0 unspecified atom stereocenters. The molecule has 0 bridgehead atoms. The first-order chi connectivity index (χ1) is 14.1. The Kier molecular flexibility index (Phi) is 5.01. The summed E-state index contributed by atoms with van der Waals surface area (Å²) in [5, 5.41) is 13.8. The van der Waals surface area contributed by atoms with E-state index in [0.29, 0.717) is 24.0 Å². The topological polar surface area (TPSA) is 66.5 Å². The molecule has 1 N–H and O–H groups in total. The zero-order valence-corrected chi connectivity index (χ0v) is 16.8. The first-order valence-corrected chi connectivity index (χ1v) is 9.74. The number of anilines is 1. The number of hydrogen-bond donors (Lipinski definition) is 1. The van der Waals surface area contributed by atoms with Crippen molar-refractivity contribution in [3.8, 4) is 12.0 Å². The number of nitrogens with zero attached hydrogens (tertiary/aromatic N) is 4. The number of benzene rings is 2. The largest absolute Gasteiger partial charge is 0.366 e. The Labute approximate surface area is 170 Å². The SMILES string of the molecule is Cc1cc2c(C#N)cccc2n1-c1ncc(C(C)C)c(NCc2ccccc2)n1. The molecule has 0 aliphatic rings. The Morgan fingerprint density at radius 1 is 1.10 bits per heavy atom. The van der Waals surface area contributed by atoms with Crippen molar-refractivity contribution in [3.63, 3.8) is 0 Å². The maximum Gasteiger partial charge on any atom is 0.236 e. The van der Waals surface area contributed by atoms with Gasteiger partial charge in [-0.15, -0.1) is 0 Å². The van der Waals surface area contributed by atoms with E-state index in [1.807, 2.05) is 60.2 Å². The number of aryl methyl sites for hydroxylation is 1. The molecule has 2 aromatic carbocycles. The number of nitrogens with one attached hydrogen (secondary N) is 1. The third-order valence-corrected chi connectivity index (χ3v) is 5.08. The lowest BCUT2D eigenvalue weighted by atomic mass is 10.1. The lowest BCUT2D eigenvalue weighted by Crippen LogP contribution is -2.10. The molecule has 2 aromatic heterocycles. The van der Waals surface area contributed by atoms with Crippen molar-refractivity contribution in [2.75, 3.05) is 5.32 Å². The van der Waals surface area contributed by atoms with E-state index in [-0.39, 0.29) is 0 Å². The highest BCUT2D eigenvalue weighted by Gasteiger charge is 2.16. The van der Waals surface area contributed by atoms with Gasteiger partial charge in [-0.05, 0) is 36.6 Å². The average molecular weight is 381 g/mol. The second kappa shape index (κ2) is 7.76. The smallest absolute Gasteiger partial charge is 0.236 e. The maximum absolute atomic E-state index is 9.43. The van der Waals surface area contributed by atoms with Crippen LogP contribution in [0, 0.1) is 18.3 Å². The molecule has 4 aromatic rings. The molecule has 0 radical (unpaired) electrons. The molecule has 0 amide bonds. The van der Waals surface area contributed by atoms with Crippen LogP contribution in [0.3, 0.4) is 0 Å². The van der Waals surface area contributed by atoms with Crippen molar-refractivity contribution in [3.05, 3.63) is 83.2 Å². The minimum Gasteiger partial charge on any atom is -0.366 e. The monoisotopic (exact) mass is 381 g/mol. The fraction of sp³-hybridized carbons (Fsp3) is 0.208. The molecule has 0 spiro atoms. The molecule has 0 aliphatic carbocycles. The summed E-state index contributed by atoms with van der Waals surface area (Å²) in [6, 6.07) is 20.3. The zero-order valence-electron chi connectivity index (χ0n) is 16.8. The van der Waals surface area contributed by atoms with Crippen molar-refractivity contribution < 1.29 is 0 Å². The Bertz CT molecular complexity index is 1200. The standard InChI is InChI=1S/C24H23N5/c1-16(2)21-15-27-24(28-23(21)26-14-18-8-5-4-6-9-18)29-17(3)12-20-19(13-25)10-7-11-22(20)29/h4-12,15-16H,14H2,1-3H3,(H,26,27,28). The van der Waals surface area contributed by atoms with Crippen LogP contribution in [-0.4, -0.2) is 14.5 Å². The lowest BCUT2D eigenvalue weighted by molar-refractivity contribution is 0.828. The van der Waals surface area contributed by atoms with Crippen LogP contribution in [0.4, 0.5) is 5.82 Å². The molecule has 0 aliphatic heterocycles. The minimum atomic E-state index is 0.301. The van der Waals surface area contributed by atoms with Gasteiger partial charge in [-0.2, -0.15) is 10.2 Å². The number of aromatic nitrogens is 3. The van der Waals surface area contributed by atoms with Crippen LogP contribution in [0.2, 0.25) is 0 Å².